The molecule has 0 radical (unpaired) electrons. The summed E-state index contributed by atoms with van der Waals surface area (Å²) in [4.78, 5) is 30.4. The van der Waals surface area contributed by atoms with Crippen molar-refractivity contribution in [2.45, 2.75) is 13.5 Å². The van der Waals surface area contributed by atoms with E-state index in [2.05, 4.69) is 20.7 Å². The van der Waals surface area contributed by atoms with Crippen molar-refractivity contribution < 1.29 is 9.21 Å². The van der Waals surface area contributed by atoms with Crippen LogP contribution in [0.4, 0.5) is 10.8 Å². The number of benzene rings is 2. The average Bonchev–Trinajstić information content (AvgIpc) is 3.44. The van der Waals surface area contributed by atoms with E-state index in [0.717, 1.165) is 11.3 Å². The van der Waals surface area contributed by atoms with Crippen LogP contribution in [0, 0.1) is 6.92 Å². The topological polar surface area (TPSA) is 102 Å². The standard InChI is InChI=1S/C22H16ClN5O3S/c1-12-4-6-14(23)10-17(12)25-21-27-28-20(30)16-7-5-13(9-18(16)26-22(28)32-21)19(29)24-11-15-3-2-8-31-15/h2-10H,11H2,1H3,(H,24,29)(H,25,27). The Bertz CT molecular complexity index is 1520. The third kappa shape index (κ3) is 3.83. The van der Waals surface area contributed by atoms with E-state index in [1.807, 2.05) is 19.1 Å². The number of halogens is 1. The van der Waals surface area contributed by atoms with E-state index >= 15 is 0 Å². The minimum atomic E-state index is -0.306. The number of anilines is 2. The second-order valence-electron chi connectivity index (χ2n) is 7.10. The Hall–Kier alpha value is -3.69. The van der Waals surface area contributed by atoms with Gasteiger partial charge < -0.3 is 15.1 Å². The molecule has 2 aromatic carbocycles. The van der Waals surface area contributed by atoms with Crippen LogP contribution in [0.3, 0.4) is 0 Å². The molecule has 2 N–H and O–H groups in total. The van der Waals surface area contributed by atoms with Crippen LogP contribution in [0.15, 0.2) is 64.0 Å². The van der Waals surface area contributed by atoms with E-state index in [1.165, 1.54) is 15.9 Å². The highest BCUT2D eigenvalue weighted by atomic mass is 35.5. The number of carbonyl (C=O) groups excluding carboxylic acids is 1. The number of hydrogen-bond acceptors (Lipinski definition) is 7. The highest BCUT2D eigenvalue weighted by molar-refractivity contribution is 7.20. The number of fused-ring (bicyclic) bond motifs is 2. The molecule has 3 aromatic heterocycles. The molecule has 0 spiro atoms. The van der Waals surface area contributed by atoms with Crippen LogP contribution in [0.25, 0.3) is 15.9 Å². The molecule has 32 heavy (non-hydrogen) atoms. The SMILES string of the molecule is Cc1ccc(Cl)cc1Nc1nn2c(=O)c3ccc(C(=O)NCc4ccco4)cc3nc2s1. The Morgan fingerprint density at radius 3 is 2.91 bits per heavy atom. The number of furan rings is 1. The molecule has 5 rings (SSSR count). The number of aryl methyl sites for hydroxylation is 1. The van der Waals surface area contributed by atoms with Crippen LogP contribution >= 0.6 is 22.9 Å². The summed E-state index contributed by atoms with van der Waals surface area (Å²) in [5, 5.41) is 11.8. The maximum absolute atomic E-state index is 12.9. The summed E-state index contributed by atoms with van der Waals surface area (Å²) in [5.74, 6) is 0.366. The van der Waals surface area contributed by atoms with E-state index < -0.39 is 0 Å². The predicted octanol–water partition coefficient (Wildman–Crippen LogP) is 4.53. The lowest BCUT2D eigenvalue weighted by molar-refractivity contribution is 0.0948. The van der Waals surface area contributed by atoms with Crippen LogP contribution in [0.1, 0.15) is 21.7 Å². The number of nitrogens with zero attached hydrogens (tertiary/aromatic N) is 3. The molecule has 8 nitrogen and oxygen atoms in total. The fourth-order valence-electron chi connectivity index (χ4n) is 3.23. The number of nitrogens with one attached hydrogen (secondary N) is 2. The largest absolute Gasteiger partial charge is 0.467 e. The van der Waals surface area contributed by atoms with Crippen molar-refractivity contribution in [3.05, 3.63) is 87.1 Å². The molecule has 0 aliphatic heterocycles. The molecule has 0 saturated heterocycles. The quantitative estimate of drug-likeness (QED) is 0.395. The van der Waals surface area contributed by atoms with E-state index in [-0.39, 0.29) is 18.0 Å². The Balaban J connectivity index is 1.47. The molecule has 10 heteroatoms. The first kappa shape index (κ1) is 20.2. The monoisotopic (exact) mass is 465 g/mol. The molecule has 0 atom stereocenters. The maximum atomic E-state index is 12.9. The zero-order valence-corrected chi connectivity index (χ0v) is 18.3. The van der Waals surface area contributed by atoms with Gasteiger partial charge in [-0.25, -0.2) is 4.98 Å². The molecule has 160 valence electrons. The zero-order chi connectivity index (χ0) is 22.2. The molecular formula is C22H16ClN5O3S. The van der Waals surface area contributed by atoms with Gasteiger partial charge in [0, 0.05) is 16.3 Å². The predicted molar refractivity (Wildman–Crippen MR) is 124 cm³/mol. The third-order valence-corrected chi connectivity index (χ3v) is 5.96. The fraction of sp³-hybridized carbons (Fsp3) is 0.0909. The van der Waals surface area contributed by atoms with Crippen LogP contribution in [0.5, 0.6) is 0 Å². The average molecular weight is 466 g/mol. The summed E-state index contributed by atoms with van der Waals surface area (Å²) >= 11 is 7.32. The van der Waals surface area contributed by atoms with Gasteiger partial charge >= 0.3 is 0 Å². The van der Waals surface area contributed by atoms with Crippen molar-refractivity contribution in [3.63, 3.8) is 0 Å². The number of rotatable bonds is 5. The van der Waals surface area contributed by atoms with E-state index in [0.29, 0.717) is 37.3 Å². The molecule has 0 unspecified atom stereocenters. The Labute approximate surface area is 190 Å². The summed E-state index contributed by atoms with van der Waals surface area (Å²) in [7, 11) is 0. The van der Waals surface area contributed by atoms with Crippen molar-refractivity contribution in [2.75, 3.05) is 5.32 Å². The van der Waals surface area contributed by atoms with Gasteiger partial charge in [0.05, 0.1) is 23.7 Å². The van der Waals surface area contributed by atoms with Crippen molar-refractivity contribution in [1.29, 1.82) is 0 Å². The Morgan fingerprint density at radius 2 is 2.09 bits per heavy atom. The van der Waals surface area contributed by atoms with Crippen LogP contribution < -0.4 is 16.2 Å². The first-order valence-electron chi connectivity index (χ1n) is 9.65. The summed E-state index contributed by atoms with van der Waals surface area (Å²) < 4.78 is 6.48. The highest BCUT2D eigenvalue weighted by Crippen LogP contribution is 2.27. The maximum Gasteiger partial charge on any atom is 0.283 e. The van der Waals surface area contributed by atoms with E-state index in [1.54, 1.807) is 42.7 Å². The van der Waals surface area contributed by atoms with Gasteiger partial charge in [0.25, 0.3) is 11.5 Å². The molecule has 0 aliphatic carbocycles. The van der Waals surface area contributed by atoms with Gasteiger partial charge in [-0.05, 0) is 55.0 Å². The van der Waals surface area contributed by atoms with Gasteiger partial charge in [-0.3, -0.25) is 9.59 Å². The Kier molecular flexibility index (Phi) is 5.12. The number of carbonyl (C=O) groups is 1. The highest BCUT2D eigenvalue weighted by Gasteiger charge is 2.14. The number of amides is 1. The number of hydrogen-bond donors (Lipinski definition) is 2. The van der Waals surface area contributed by atoms with Crippen LogP contribution in [0.2, 0.25) is 5.02 Å². The van der Waals surface area contributed by atoms with Crippen molar-refractivity contribution in [2.24, 2.45) is 0 Å². The fourth-order valence-corrected chi connectivity index (χ4v) is 4.21. The smallest absolute Gasteiger partial charge is 0.283 e. The van der Waals surface area contributed by atoms with Gasteiger partial charge in [0.1, 0.15) is 5.76 Å². The second kappa shape index (κ2) is 8.10. The summed E-state index contributed by atoms with van der Waals surface area (Å²) in [6.45, 7) is 2.22. The second-order valence-corrected chi connectivity index (χ2v) is 8.49. The minimum Gasteiger partial charge on any atom is -0.467 e. The lowest BCUT2D eigenvalue weighted by Gasteiger charge is -2.06. The van der Waals surface area contributed by atoms with Gasteiger partial charge in [0.2, 0.25) is 10.1 Å². The molecule has 1 amide bonds. The van der Waals surface area contributed by atoms with Crippen LogP contribution in [-0.4, -0.2) is 20.5 Å². The lowest BCUT2D eigenvalue weighted by atomic mass is 10.1. The molecule has 0 saturated carbocycles. The molecule has 0 fully saturated rings. The summed E-state index contributed by atoms with van der Waals surface area (Å²) in [6, 6.07) is 13.8. The molecule has 5 aromatic rings. The number of aromatic nitrogens is 3. The first-order valence-corrected chi connectivity index (χ1v) is 10.8. The zero-order valence-electron chi connectivity index (χ0n) is 16.8. The Morgan fingerprint density at radius 1 is 1.22 bits per heavy atom. The van der Waals surface area contributed by atoms with Crippen molar-refractivity contribution >= 4 is 55.5 Å². The van der Waals surface area contributed by atoms with E-state index in [9.17, 15) is 9.59 Å². The van der Waals surface area contributed by atoms with Gasteiger partial charge in [-0.15, -0.1) is 5.10 Å². The minimum absolute atomic E-state index is 0.270. The molecule has 0 aliphatic rings. The first-order chi connectivity index (χ1) is 15.5. The van der Waals surface area contributed by atoms with Gasteiger partial charge in [-0.1, -0.05) is 29.0 Å². The van der Waals surface area contributed by atoms with Crippen LogP contribution in [-0.2, 0) is 6.54 Å². The molecular weight excluding hydrogens is 450 g/mol. The summed E-state index contributed by atoms with van der Waals surface area (Å²) in [6.07, 6.45) is 1.55. The normalized spacial score (nSPS) is 11.2. The summed E-state index contributed by atoms with van der Waals surface area (Å²) in [5.41, 5.74) is 2.31. The van der Waals surface area contributed by atoms with Crippen molar-refractivity contribution in [1.82, 2.24) is 19.9 Å². The van der Waals surface area contributed by atoms with Crippen molar-refractivity contribution in [3.8, 4) is 0 Å². The van der Waals surface area contributed by atoms with E-state index in [4.69, 9.17) is 16.0 Å². The molecule has 3 heterocycles. The molecule has 0 bridgehead atoms. The van der Waals surface area contributed by atoms with Gasteiger partial charge in [-0.2, -0.15) is 4.52 Å². The third-order valence-electron chi connectivity index (χ3n) is 4.90. The van der Waals surface area contributed by atoms with Gasteiger partial charge in [0.15, 0.2) is 0 Å². The lowest BCUT2D eigenvalue weighted by Crippen LogP contribution is -2.23.